The maximum Gasteiger partial charge on any atom is 0.231 e. The summed E-state index contributed by atoms with van der Waals surface area (Å²) in [6.07, 6.45) is 3.56. The second kappa shape index (κ2) is 5.29. The number of rotatable bonds is 4. The molecule has 2 N–H and O–H groups in total. The fraction of sp³-hybridized carbons (Fsp3) is 0.455. The highest BCUT2D eigenvalue weighted by Gasteiger charge is 2.44. The number of carbonyl (C=O) groups is 1. The summed E-state index contributed by atoms with van der Waals surface area (Å²) in [5.41, 5.74) is 6.43. The number of ether oxygens (including phenoxy) is 1. The van der Waals surface area contributed by atoms with Crippen LogP contribution in [0, 0.1) is 0 Å². The number of nitrogens with zero attached hydrogens (tertiary/aromatic N) is 1. The third kappa shape index (κ3) is 2.59. The lowest BCUT2D eigenvalue weighted by Gasteiger charge is -2.26. The molecular formula is C11H14N2O2S2. The SMILES string of the molecule is COCC1(c2cccnc2)SCC(C(N)=O)S1. The van der Waals surface area contributed by atoms with Gasteiger partial charge in [0.05, 0.1) is 11.9 Å². The fourth-order valence-electron chi connectivity index (χ4n) is 1.74. The molecule has 0 aliphatic carbocycles. The molecular weight excluding hydrogens is 256 g/mol. The quantitative estimate of drug-likeness (QED) is 0.891. The van der Waals surface area contributed by atoms with Crippen LogP contribution in [0.1, 0.15) is 5.56 Å². The van der Waals surface area contributed by atoms with Crippen molar-refractivity contribution in [3.63, 3.8) is 0 Å². The molecule has 1 aliphatic heterocycles. The van der Waals surface area contributed by atoms with Crippen molar-refractivity contribution in [1.29, 1.82) is 0 Å². The van der Waals surface area contributed by atoms with Gasteiger partial charge >= 0.3 is 0 Å². The van der Waals surface area contributed by atoms with Crippen LogP contribution in [-0.2, 0) is 13.6 Å². The van der Waals surface area contributed by atoms with E-state index in [4.69, 9.17) is 10.5 Å². The van der Waals surface area contributed by atoms with Gasteiger partial charge in [-0.25, -0.2) is 0 Å². The molecule has 17 heavy (non-hydrogen) atoms. The van der Waals surface area contributed by atoms with Crippen LogP contribution in [0.3, 0.4) is 0 Å². The first-order valence-corrected chi connectivity index (χ1v) is 7.05. The summed E-state index contributed by atoms with van der Waals surface area (Å²) in [6.45, 7) is 0.539. The number of nitrogens with two attached hydrogens (primary N) is 1. The Morgan fingerprint density at radius 2 is 2.59 bits per heavy atom. The number of hydrogen-bond donors (Lipinski definition) is 1. The summed E-state index contributed by atoms with van der Waals surface area (Å²) in [4.78, 5) is 15.4. The summed E-state index contributed by atoms with van der Waals surface area (Å²) in [5.74, 6) is 0.461. The molecule has 2 heterocycles. The van der Waals surface area contributed by atoms with E-state index >= 15 is 0 Å². The predicted octanol–water partition coefficient (Wildman–Crippen LogP) is 1.21. The lowest BCUT2D eigenvalue weighted by atomic mass is 10.2. The molecule has 1 aliphatic rings. The van der Waals surface area contributed by atoms with Crippen molar-refractivity contribution in [3.8, 4) is 0 Å². The van der Waals surface area contributed by atoms with Gasteiger partial charge in [0.25, 0.3) is 0 Å². The van der Waals surface area contributed by atoms with Gasteiger partial charge in [0.1, 0.15) is 4.08 Å². The number of primary amides is 1. The summed E-state index contributed by atoms with van der Waals surface area (Å²) in [6, 6.07) is 3.90. The molecule has 1 saturated heterocycles. The smallest absolute Gasteiger partial charge is 0.231 e. The standard InChI is InChI=1S/C11H14N2O2S2/c1-15-7-11(8-3-2-4-13-5-8)16-6-9(17-11)10(12)14/h2-5,9H,6-7H2,1H3,(H2,12,14). The van der Waals surface area contributed by atoms with Gasteiger partial charge in [-0.05, 0) is 11.6 Å². The van der Waals surface area contributed by atoms with Gasteiger partial charge in [0.2, 0.25) is 5.91 Å². The molecule has 1 amide bonds. The zero-order valence-corrected chi connectivity index (χ0v) is 11.1. The molecule has 0 saturated carbocycles. The van der Waals surface area contributed by atoms with Crippen molar-refractivity contribution in [2.24, 2.45) is 5.73 Å². The first kappa shape index (κ1) is 12.7. The van der Waals surface area contributed by atoms with Crippen molar-refractivity contribution in [2.45, 2.75) is 9.33 Å². The lowest BCUT2D eigenvalue weighted by Crippen LogP contribution is -2.27. The molecule has 92 valence electrons. The van der Waals surface area contributed by atoms with Gasteiger partial charge in [0, 0.05) is 25.3 Å². The van der Waals surface area contributed by atoms with E-state index in [1.807, 2.05) is 18.3 Å². The van der Waals surface area contributed by atoms with E-state index in [0.29, 0.717) is 6.61 Å². The number of hydrogen-bond acceptors (Lipinski definition) is 5. The molecule has 0 radical (unpaired) electrons. The van der Waals surface area contributed by atoms with Gasteiger partial charge in [-0.15, -0.1) is 23.5 Å². The zero-order chi connectivity index (χ0) is 12.3. The van der Waals surface area contributed by atoms with E-state index in [-0.39, 0.29) is 15.2 Å². The summed E-state index contributed by atoms with van der Waals surface area (Å²) in [7, 11) is 1.66. The van der Waals surface area contributed by atoms with Crippen molar-refractivity contribution in [2.75, 3.05) is 19.5 Å². The average molecular weight is 270 g/mol. The lowest BCUT2D eigenvalue weighted by molar-refractivity contribution is -0.117. The molecule has 1 fully saturated rings. The minimum atomic E-state index is -0.261. The summed E-state index contributed by atoms with van der Waals surface area (Å²) < 4.78 is 5.03. The van der Waals surface area contributed by atoms with Crippen molar-refractivity contribution in [1.82, 2.24) is 4.98 Å². The maximum absolute atomic E-state index is 11.3. The van der Waals surface area contributed by atoms with Gasteiger partial charge in [-0.3, -0.25) is 9.78 Å². The van der Waals surface area contributed by atoms with Gasteiger partial charge in [-0.2, -0.15) is 0 Å². The van der Waals surface area contributed by atoms with Crippen LogP contribution in [0.25, 0.3) is 0 Å². The van der Waals surface area contributed by atoms with Crippen LogP contribution in [0.4, 0.5) is 0 Å². The number of methoxy groups -OCH3 is 1. The van der Waals surface area contributed by atoms with Crippen molar-refractivity contribution < 1.29 is 9.53 Å². The molecule has 2 rings (SSSR count). The van der Waals surface area contributed by atoms with Crippen molar-refractivity contribution in [3.05, 3.63) is 30.1 Å². The number of thioether (sulfide) groups is 2. The minimum Gasteiger partial charge on any atom is -0.382 e. The first-order valence-electron chi connectivity index (χ1n) is 5.18. The Kier molecular flexibility index (Phi) is 3.96. The van der Waals surface area contributed by atoms with Gasteiger partial charge in [-0.1, -0.05) is 6.07 Å². The zero-order valence-electron chi connectivity index (χ0n) is 9.46. The second-order valence-corrected chi connectivity index (χ2v) is 6.83. The molecule has 0 bridgehead atoms. The summed E-state index contributed by atoms with van der Waals surface area (Å²) in [5, 5.41) is -0.157. The van der Waals surface area contributed by atoms with E-state index < -0.39 is 0 Å². The molecule has 0 spiro atoms. The molecule has 2 atom stereocenters. The predicted molar refractivity (Wildman–Crippen MR) is 70.8 cm³/mol. The van der Waals surface area contributed by atoms with Crippen molar-refractivity contribution >= 4 is 29.4 Å². The monoisotopic (exact) mass is 270 g/mol. The third-order valence-corrected chi connectivity index (χ3v) is 6.14. The largest absolute Gasteiger partial charge is 0.382 e. The number of aromatic nitrogens is 1. The normalized spacial score (nSPS) is 28.2. The first-order chi connectivity index (χ1) is 8.18. The van der Waals surface area contributed by atoms with E-state index in [2.05, 4.69) is 4.98 Å². The second-order valence-electron chi connectivity index (χ2n) is 3.75. The Morgan fingerprint density at radius 1 is 1.76 bits per heavy atom. The third-order valence-electron chi connectivity index (χ3n) is 2.55. The topological polar surface area (TPSA) is 65.2 Å². The van der Waals surface area contributed by atoms with Gasteiger partial charge in [0.15, 0.2) is 0 Å². The van der Waals surface area contributed by atoms with E-state index in [9.17, 15) is 4.79 Å². The van der Waals surface area contributed by atoms with Crippen LogP contribution in [0.5, 0.6) is 0 Å². The highest BCUT2D eigenvalue weighted by molar-refractivity contribution is 8.21. The van der Waals surface area contributed by atoms with Crippen LogP contribution in [0.2, 0.25) is 0 Å². The Labute approximate surface area is 109 Å². The van der Waals surface area contributed by atoms with Crippen LogP contribution in [-0.4, -0.2) is 35.6 Å². The molecule has 6 heteroatoms. The minimum absolute atomic E-state index is 0.157. The van der Waals surface area contributed by atoms with Crippen LogP contribution in [0.15, 0.2) is 24.5 Å². The Hall–Kier alpha value is -0.720. The number of carbonyl (C=O) groups excluding carboxylic acids is 1. The molecule has 4 nitrogen and oxygen atoms in total. The van der Waals surface area contributed by atoms with Crippen LogP contribution >= 0.6 is 23.5 Å². The van der Waals surface area contributed by atoms with E-state index in [1.54, 1.807) is 36.8 Å². The number of amides is 1. The fourth-order valence-corrected chi connectivity index (χ4v) is 5.13. The molecule has 0 aromatic carbocycles. The molecule has 1 aromatic heterocycles. The Bertz CT molecular complexity index is 402. The van der Waals surface area contributed by atoms with Gasteiger partial charge < -0.3 is 10.5 Å². The molecule has 1 aromatic rings. The average Bonchev–Trinajstić information content (AvgIpc) is 2.77. The van der Waals surface area contributed by atoms with E-state index in [1.165, 1.54) is 0 Å². The highest BCUT2D eigenvalue weighted by atomic mass is 32.2. The van der Waals surface area contributed by atoms with E-state index in [0.717, 1.165) is 11.3 Å². The maximum atomic E-state index is 11.3. The number of pyridine rings is 1. The Balaban J connectivity index is 2.26. The van der Waals surface area contributed by atoms with Crippen LogP contribution < -0.4 is 5.73 Å². The Morgan fingerprint density at radius 3 is 3.12 bits per heavy atom. The highest BCUT2D eigenvalue weighted by Crippen LogP contribution is 2.54. The summed E-state index contributed by atoms with van der Waals surface area (Å²) >= 11 is 3.27. The molecule has 2 unspecified atom stereocenters.